The van der Waals surface area contributed by atoms with E-state index in [0.717, 1.165) is 0 Å². The minimum atomic E-state index is -0.977. The van der Waals surface area contributed by atoms with Crippen molar-refractivity contribution < 1.29 is 14.3 Å². The molecular formula is C7H8ClNO3. The molecule has 0 amide bonds. The fraction of sp³-hybridized carbons (Fsp3) is 0.286. The van der Waals surface area contributed by atoms with Crippen molar-refractivity contribution in [1.29, 1.82) is 0 Å². The van der Waals surface area contributed by atoms with Gasteiger partial charge in [-0.3, -0.25) is 4.79 Å². The summed E-state index contributed by atoms with van der Waals surface area (Å²) < 4.78 is 4.91. The van der Waals surface area contributed by atoms with Crippen molar-refractivity contribution in [2.24, 2.45) is 5.73 Å². The van der Waals surface area contributed by atoms with Gasteiger partial charge < -0.3 is 15.3 Å². The molecule has 0 saturated heterocycles. The number of rotatable bonds is 3. The van der Waals surface area contributed by atoms with Crippen molar-refractivity contribution in [3.05, 3.63) is 23.1 Å². The Bertz CT molecular complexity index is 284. The summed E-state index contributed by atoms with van der Waals surface area (Å²) in [6.07, 6.45) is 1.19. The second kappa shape index (κ2) is 3.60. The first kappa shape index (κ1) is 9.09. The molecule has 0 aliphatic rings. The van der Waals surface area contributed by atoms with Gasteiger partial charge in [-0.1, -0.05) is 11.6 Å². The standard InChI is InChI=1S/C7H8ClNO3/c8-4-1-2-12-7(4)5(9)3-6(10)11/h1-2,5H,3,9H2,(H,10,11)/t5-/m1/s1. The second-order valence-corrected chi connectivity index (χ2v) is 2.74. The van der Waals surface area contributed by atoms with Crippen LogP contribution in [0.5, 0.6) is 0 Å². The summed E-state index contributed by atoms with van der Waals surface area (Å²) in [6, 6.07) is 0.850. The Hall–Kier alpha value is -1.00. The van der Waals surface area contributed by atoms with Crippen molar-refractivity contribution in [3.63, 3.8) is 0 Å². The Balaban J connectivity index is 2.71. The Morgan fingerprint density at radius 3 is 2.92 bits per heavy atom. The Labute approximate surface area is 73.9 Å². The lowest BCUT2D eigenvalue weighted by Crippen LogP contribution is -2.14. The van der Waals surface area contributed by atoms with Gasteiger partial charge in [0.2, 0.25) is 0 Å². The molecular weight excluding hydrogens is 182 g/mol. The predicted octanol–water partition coefficient (Wildman–Crippen LogP) is 1.41. The lowest BCUT2D eigenvalue weighted by Gasteiger charge is -2.04. The molecule has 0 bridgehead atoms. The third kappa shape index (κ3) is 1.99. The van der Waals surface area contributed by atoms with Crippen LogP contribution in [0.2, 0.25) is 5.02 Å². The largest absolute Gasteiger partial charge is 0.481 e. The van der Waals surface area contributed by atoms with E-state index in [2.05, 4.69) is 0 Å². The van der Waals surface area contributed by atoms with Crippen molar-refractivity contribution in [3.8, 4) is 0 Å². The van der Waals surface area contributed by atoms with Gasteiger partial charge in [0.05, 0.1) is 23.7 Å². The topological polar surface area (TPSA) is 76.5 Å². The molecule has 0 spiro atoms. The summed E-state index contributed by atoms with van der Waals surface area (Å²) in [6.45, 7) is 0. The molecule has 4 nitrogen and oxygen atoms in total. The summed E-state index contributed by atoms with van der Waals surface area (Å²) in [7, 11) is 0. The molecule has 1 heterocycles. The van der Waals surface area contributed by atoms with Gasteiger partial charge in [0, 0.05) is 0 Å². The highest BCUT2D eigenvalue weighted by molar-refractivity contribution is 6.31. The summed E-state index contributed by atoms with van der Waals surface area (Å²) >= 11 is 5.65. The van der Waals surface area contributed by atoms with Gasteiger partial charge in [-0.2, -0.15) is 0 Å². The fourth-order valence-electron chi connectivity index (χ4n) is 0.851. The molecule has 0 aliphatic carbocycles. The minimum Gasteiger partial charge on any atom is -0.481 e. The number of halogens is 1. The quantitative estimate of drug-likeness (QED) is 0.754. The molecule has 0 aliphatic heterocycles. The third-order valence-corrected chi connectivity index (χ3v) is 1.69. The van der Waals surface area contributed by atoms with Crippen LogP contribution in [-0.4, -0.2) is 11.1 Å². The van der Waals surface area contributed by atoms with Crippen LogP contribution in [0, 0.1) is 0 Å². The monoisotopic (exact) mass is 189 g/mol. The molecule has 3 N–H and O–H groups in total. The molecule has 1 aromatic rings. The van der Waals surface area contributed by atoms with Crippen LogP contribution < -0.4 is 5.73 Å². The highest BCUT2D eigenvalue weighted by Crippen LogP contribution is 2.24. The Kier molecular flexibility index (Phi) is 2.73. The number of carbonyl (C=O) groups is 1. The van der Waals surface area contributed by atoms with E-state index in [0.29, 0.717) is 10.8 Å². The molecule has 12 heavy (non-hydrogen) atoms. The number of hydrogen-bond donors (Lipinski definition) is 2. The number of furan rings is 1. The van der Waals surface area contributed by atoms with Crippen LogP contribution >= 0.6 is 11.6 Å². The van der Waals surface area contributed by atoms with E-state index in [1.54, 1.807) is 0 Å². The van der Waals surface area contributed by atoms with Crippen LogP contribution in [0.3, 0.4) is 0 Å². The van der Waals surface area contributed by atoms with E-state index in [-0.39, 0.29) is 6.42 Å². The maximum absolute atomic E-state index is 10.3. The van der Waals surface area contributed by atoms with Gasteiger partial charge in [0.15, 0.2) is 0 Å². The summed E-state index contributed by atoms with van der Waals surface area (Å²) in [5, 5.41) is 8.77. The number of nitrogens with two attached hydrogens (primary N) is 1. The maximum atomic E-state index is 10.3. The molecule has 5 heteroatoms. The van der Waals surface area contributed by atoms with Crippen molar-refractivity contribution in [1.82, 2.24) is 0 Å². The molecule has 1 rings (SSSR count). The van der Waals surface area contributed by atoms with Crippen LogP contribution in [0.1, 0.15) is 18.2 Å². The smallest absolute Gasteiger partial charge is 0.305 e. The van der Waals surface area contributed by atoms with Crippen LogP contribution in [0.15, 0.2) is 16.7 Å². The van der Waals surface area contributed by atoms with Gasteiger partial charge in [-0.25, -0.2) is 0 Å². The first-order chi connectivity index (χ1) is 5.61. The molecule has 1 aromatic heterocycles. The molecule has 1 atom stereocenters. The first-order valence-electron chi connectivity index (χ1n) is 3.31. The van der Waals surface area contributed by atoms with Crippen LogP contribution in [0.4, 0.5) is 0 Å². The van der Waals surface area contributed by atoms with Gasteiger partial charge in [-0.05, 0) is 6.07 Å². The van der Waals surface area contributed by atoms with E-state index in [4.69, 9.17) is 26.9 Å². The van der Waals surface area contributed by atoms with E-state index in [1.165, 1.54) is 12.3 Å². The average molecular weight is 190 g/mol. The van der Waals surface area contributed by atoms with Crippen LogP contribution in [-0.2, 0) is 4.79 Å². The summed E-state index contributed by atoms with van der Waals surface area (Å²) in [4.78, 5) is 10.3. The first-order valence-corrected chi connectivity index (χ1v) is 3.69. The van der Waals surface area contributed by atoms with Gasteiger partial charge in [-0.15, -0.1) is 0 Å². The van der Waals surface area contributed by atoms with Crippen molar-refractivity contribution in [2.75, 3.05) is 0 Å². The van der Waals surface area contributed by atoms with E-state index in [9.17, 15) is 4.79 Å². The number of hydrogen-bond acceptors (Lipinski definition) is 3. The highest BCUT2D eigenvalue weighted by atomic mass is 35.5. The average Bonchev–Trinajstić information content (AvgIpc) is 2.33. The van der Waals surface area contributed by atoms with Gasteiger partial charge in [0.25, 0.3) is 0 Å². The minimum absolute atomic E-state index is 0.187. The number of carboxylic acid groups (broad SMARTS) is 1. The van der Waals surface area contributed by atoms with Gasteiger partial charge >= 0.3 is 5.97 Å². The summed E-state index contributed by atoms with van der Waals surface area (Å²) in [5.74, 6) is -0.658. The molecule has 0 saturated carbocycles. The molecule has 0 radical (unpaired) electrons. The van der Waals surface area contributed by atoms with E-state index >= 15 is 0 Å². The molecule has 0 aromatic carbocycles. The SMILES string of the molecule is N[C@H](CC(=O)O)c1occc1Cl. The van der Waals surface area contributed by atoms with Crippen molar-refractivity contribution in [2.45, 2.75) is 12.5 Å². The summed E-state index contributed by atoms with van der Waals surface area (Å²) in [5.41, 5.74) is 5.48. The normalized spacial score (nSPS) is 12.8. The fourth-order valence-corrected chi connectivity index (χ4v) is 1.09. The maximum Gasteiger partial charge on any atom is 0.305 e. The lowest BCUT2D eigenvalue weighted by atomic mass is 10.2. The van der Waals surface area contributed by atoms with Crippen LogP contribution in [0.25, 0.3) is 0 Å². The van der Waals surface area contributed by atoms with E-state index < -0.39 is 12.0 Å². The molecule has 0 fully saturated rings. The Morgan fingerprint density at radius 2 is 2.50 bits per heavy atom. The third-order valence-electron chi connectivity index (χ3n) is 1.38. The zero-order valence-corrected chi connectivity index (χ0v) is 6.91. The van der Waals surface area contributed by atoms with Crippen molar-refractivity contribution >= 4 is 17.6 Å². The lowest BCUT2D eigenvalue weighted by molar-refractivity contribution is -0.137. The van der Waals surface area contributed by atoms with Gasteiger partial charge in [0.1, 0.15) is 5.76 Å². The molecule has 0 unspecified atom stereocenters. The second-order valence-electron chi connectivity index (χ2n) is 2.34. The number of carboxylic acids is 1. The zero-order valence-electron chi connectivity index (χ0n) is 6.16. The van der Waals surface area contributed by atoms with E-state index in [1.807, 2.05) is 0 Å². The Morgan fingerprint density at radius 1 is 1.83 bits per heavy atom. The number of aliphatic carboxylic acids is 1. The predicted molar refractivity (Wildman–Crippen MR) is 42.9 cm³/mol. The highest BCUT2D eigenvalue weighted by Gasteiger charge is 2.16. The zero-order chi connectivity index (χ0) is 9.14. The molecule has 66 valence electrons.